The van der Waals surface area contributed by atoms with Crippen LogP contribution in [0.1, 0.15) is 21.5 Å². The summed E-state index contributed by atoms with van der Waals surface area (Å²) in [4.78, 5) is 48.9. The Labute approximate surface area is 207 Å². The van der Waals surface area contributed by atoms with Crippen LogP contribution in [0.15, 0.2) is 71.6 Å². The topological polar surface area (TPSA) is 107 Å². The summed E-state index contributed by atoms with van der Waals surface area (Å²) in [5, 5.41) is 10.4. The number of amides is 2. The van der Waals surface area contributed by atoms with E-state index in [-0.39, 0.29) is 33.5 Å². The lowest BCUT2D eigenvalue weighted by Gasteiger charge is -2.13. The zero-order valence-corrected chi connectivity index (χ0v) is 19.2. The molecule has 1 heterocycles. The molecule has 2 amide bonds. The highest BCUT2D eigenvalue weighted by Crippen LogP contribution is 2.34. The molecule has 0 aromatic heterocycles. The largest absolute Gasteiger partial charge is 0.423 e. The van der Waals surface area contributed by atoms with Gasteiger partial charge >= 0.3 is 5.97 Å². The minimum Gasteiger partial charge on any atom is -0.423 e. The number of carbonyl (C=O) groups excluding carboxylic acids is 3. The SMILES string of the molecule is O=C(Oc1cccc(/C=C2\SC(=O)N(Cc3ccc(F)cc3Cl)C2=O)c1)c1ccc([N+](=O)[O-])cc1. The lowest BCUT2D eigenvalue weighted by atomic mass is 10.2. The molecule has 3 aromatic carbocycles. The second-order valence-corrected chi connectivity index (χ2v) is 8.67. The van der Waals surface area contributed by atoms with Gasteiger partial charge in [-0.1, -0.05) is 29.8 Å². The van der Waals surface area contributed by atoms with Crippen LogP contribution < -0.4 is 4.74 Å². The minimum absolute atomic E-state index is 0.103. The molecule has 0 N–H and O–H groups in total. The summed E-state index contributed by atoms with van der Waals surface area (Å²) in [5.41, 5.74) is 0.904. The van der Waals surface area contributed by atoms with Gasteiger partial charge in [0.05, 0.1) is 21.9 Å². The fourth-order valence-corrected chi connectivity index (χ4v) is 4.23. The lowest BCUT2D eigenvalue weighted by Crippen LogP contribution is -2.27. The summed E-state index contributed by atoms with van der Waals surface area (Å²) in [7, 11) is 0. The van der Waals surface area contributed by atoms with E-state index in [9.17, 15) is 28.9 Å². The normalized spacial score (nSPS) is 14.5. The first-order valence-corrected chi connectivity index (χ1v) is 11.2. The van der Waals surface area contributed by atoms with Gasteiger partial charge in [-0.05, 0) is 65.4 Å². The Morgan fingerprint density at radius 3 is 2.54 bits per heavy atom. The van der Waals surface area contributed by atoms with Crippen LogP contribution in [0, 0.1) is 15.9 Å². The molecule has 1 aliphatic rings. The van der Waals surface area contributed by atoms with Gasteiger partial charge in [0, 0.05) is 17.2 Å². The third-order valence-corrected chi connectivity index (χ3v) is 6.16. The Bertz CT molecular complexity index is 1390. The Kier molecular flexibility index (Phi) is 6.94. The predicted molar refractivity (Wildman–Crippen MR) is 127 cm³/mol. The number of thioether (sulfide) groups is 1. The summed E-state index contributed by atoms with van der Waals surface area (Å²) in [6.45, 7) is -0.103. The van der Waals surface area contributed by atoms with E-state index in [1.807, 2.05) is 0 Å². The zero-order chi connectivity index (χ0) is 25.1. The zero-order valence-electron chi connectivity index (χ0n) is 17.6. The molecular formula is C24H14ClFN2O6S. The van der Waals surface area contributed by atoms with Gasteiger partial charge < -0.3 is 4.74 Å². The van der Waals surface area contributed by atoms with Crippen molar-refractivity contribution in [3.8, 4) is 5.75 Å². The van der Waals surface area contributed by atoms with Crippen molar-refractivity contribution in [2.45, 2.75) is 6.54 Å². The van der Waals surface area contributed by atoms with Crippen molar-refractivity contribution in [3.05, 3.63) is 109 Å². The lowest BCUT2D eigenvalue weighted by molar-refractivity contribution is -0.384. The number of nitro groups is 1. The van der Waals surface area contributed by atoms with Crippen molar-refractivity contribution in [1.29, 1.82) is 0 Å². The van der Waals surface area contributed by atoms with Crippen molar-refractivity contribution < 1.29 is 28.4 Å². The molecule has 0 spiro atoms. The van der Waals surface area contributed by atoms with Gasteiger partial charge in [0.2, 0.25) is 0 Å². The maximum atomic E-state index is 13.3. The van der Waals surface area contributed by atoms with Crippen LogP contribution in [0.3, 0.4) is 0 Å². The number of hydrogen-bond donors (Lipinski definition) is 0. The van der Waals surface area contributed by atoms with Crippen molar-refractivity contribution in [2.75, 3.05) is 0 Å². The molecule has 8 nitrogen and oxygen atoms in total. The van der Waals surface area contributed by atoms with Crippen LogP contribution in [-0.2, 0) is 11.3 Å². The number of benzene rings is 3. The van der Waals surface area contributed by atoms with Crippen molar-refractivity contribution in [1.82, 2.24) is 4.90 Å². The van der Waals surface area contributed by atoms with Crippen LogP contribution in [0.25, 0.3) is 6.08 Å². The van der Waals surface area contributed by atoms with Crippen molar-refractivity contribution in [3.63, 3.8) is 0 Å². The molecule has 0 bridgehead atoms. The molecular weight excluding hydrogens is 499 g/mol. The van der Waals surface area contributed by atoms with Crippen molar-refractivity contribution in [2.24, 2.45) is 0 Å². The van der Waals surface area contributed by atoms with E-state index in [4.69, 9.17) is 16.3 Å². The molecule has 0 radical (unpaired) electrons. The average Bonchev–Trinajstić information content (AvgIpc) is 3.08. The van der Waals surface area contributed by atoms with Gasteiger partial charge in [-0.15, -0.1) is 0 Å². The van der Waals surface area contributed by atoms with E-state index in [0.29, 0.717) is 11.1 Å². The number of non-ortho nitro benzene ring substituents is 1. The Morgan fingerprint density at radius 1 is 1.11 bits per heavy atom. The summed E-state index contributed by atoms with van der Waals surface area (Å²) < 4.78 is 18.6. The quantitative estimate of drug-likeness (QED) is 0.134. The highest BCUT2D eigenvalue weighted by atomic mass is 35.5. The fraction of sp³-hybridized carbons (Fsp3) is 0.0417. The Balaban J connectivity index is 1.48. The maximum absolute atomic E-state index is 13.3. The third-order valence-electron chi connectivity index (χ3n) is 4.90. The Hall–Kier alpha value is -4.02. The van der Waals surface area contributed by atoms with Crippen LogP contribution in [-0.4, -0.2) is 26.9 Å². The van der Waals surface area contributed by atoms with E-state index >= 15 is 0 Å². The van der Waals surface area contributed by atoms with Gasteiger partial charge in [0.25, 0.3) is 16.8 Å². The smallest absolute Gasteiger partial charge is 0.343 e. The summed E-state index contributed by atoms with van der Waals surface area (Å²) in [6, 6.07) is 15.0. The van der Waals surface area contributed by atoms with Gasteiger partial charge in [-0.25, -0.2) is 9.18 Å². The number of hydrogen-bond acceptors (Lipinski definition) is 7. The predicted octanol–water partition coefficient (Wildman–Crippen LogP) is 5.84. The number of esters is 1. The molecule has 11 heteroatoms. The first-order valence-electron chi connectivity index (χ1n) is 9.97. The number of halogens is 2. The van der Waals surface area contributed by atoms with Gasteiger partial charge in [-0.3, -0.25) is 24.6 Å². The summed E-state index contributed by atoms with van der Waals surface area (Å²) in [5.74, 6) is -1.59. The number of carbonyl (C=O) groups is 3. The molecule has 4 rings (SSSR count). The number of nitrogens with zero attached hydrogens (tertiary/aromatic N) is 2. The van der Waals surface area contributed by atoms with Crippen LogP contribution >= 0.6 is 23.4 Å². The second kappa shape index (κ2) is 10.1. The molecule has 0 aliphatic carbocycles. The molecule has 35 heavy (non-hydrogen) atoms. The molecule has 0 atom stereocenters. The molecule has 1 fully saturated rings. The fourth-order valence-electron chi connectivity index (χ4n) is 3.16. The van der Waals surface area contributed by atoms with Crippen LogP contribution in [0.4, 0.5) is 14.9 Å². The summed E-state index contributed by atoms with van der Waals surface area (Å²) >= 11 is 6.76. The van der Waals surface area contributed by atoms with E-state index in [2.05, 4.69) is 0 Å². The molecule has 1 aliphatic heterocycles. The van der Waals surface area contributed by atoms with E-state index in [0.717, 1.165) is 22.7 Å². The maximum Gasteiger partial charge on any atom is 0.343 e. The number of nitro benzene ring substituents is 1. The minimum atomic E-state index is -0.714. The number of ether oxygens (including phenoxy) is 1. The first kappa shape index (κ1) is 24.1. The number of rotatable bonds is 6. The molecule has 3 aromatic rings. The highest BCUT2D eigenvalue weighted by molar-refractivity contribution is 8.18. The van der Waals surface area contributed by atoms with E-state index in [1.165, 1.54) is 54.6 Å². The molecule has 0 unspecified atom stereocenters. The van der Waals surface area contributed by atoms with Gasteiger partial charge in [-0.2, -0.15) is 0 Å². The molecule has 176 valence electrons. The standard InChI is InChI=1S/C24H14ClFN2O6S/c25-20-12-17(26)7-4-16(20)13-27-22(29)21(35-24(27)31)11-14-2-1-3-19(10-14)34-23(30)15-5-8-18(9-6-15)28(32)33/h1-12H,13H2/b21-11-. The van der Waals surface area contributed by atoms with Crippen molar-refractivity contribution >= 4 is 52.2 Å². The third kappa shape index (κ3) is 5.56. The van der Waals surface area contributed by atoms with Crippen LogP contribution in [0.5, 0.6) is 5.75 Å². The molecule has 0 saturated carbocycles. The number of imide groups is 1. The monoisotopic (exact) mass is 512 g/mol. The average molecular weight is 513 g/mol. The van der Waals surface area contributed by atoms with Crippen LogP contribution in [0.2, 0.25) is 5.02 Å². The highest BCUT2D eigenvalue weighted by Gasteiger charge is 2.35. The van der Waals surface area contributed by atoms with Gasteiger partial charge in [0.15, 0.2) is 0 Å². The molecule has 1 saturated heterocycles. The Morgan fingerprint density at radius 2 is 1.86 bits per heavy atom. The second-order valence-electron chi connectivity index (χ2n) is 7.27. The summed E-state index contributed by atoms with van der Waals surface area (Å²) in [6.07, 6.45) is 1.49. The van der Waals surface area contributed by atoms with E-state index < -0.39 is 27.9 Å². The van der Waals surface area contributed by atoms with E-state index in [1.54, 1.807) is 12.1 Å². The first-order chi connectivity index (χ1) is 16.7. The van der Waals surface area contributed by atoms with Gasteiger partial charge in [0.1, 0.15) is 11.6 Å².